The molecular formula is C20H35IN4OS. The van der Waals surface area contributed by atoms with E-state index in [0.717, 1.165) is 43.6 Å². The zero-order chi connectivity index (χ0) is 18.6. The van der Waals surface area contributed by atoms with E-state index >= 15 is 0 Å². The number of guanidine groups is 1. The Morgan fingerprint density at radius 1 is 1.33 bits per heavy atom. The second-order valence-corrected chi connectivity index (χ2v) is 9.41. The first kappa shape index (κ1) is 22.8. The van der Waals surface area contributed by atoms with Crippen molar-refractivity contribution in [1.82, 2.24) is 15.4 Å². The lowest BCUT2D eigenvalue weighted by Crippen LogP contribution is -2.53. The molecular weight excluding hydrogens is 471 g/mol. The molecule has 2 aliphatic rings. The number of hydrogen-bond acceptors (Lipinski definition) is 4. The number of nitrogens with one attached hydrogen (secondary N) is 1. The molecule has 0 bridgehead atoms. The van der Waals surface area contributed by atoms with Crippen LogP contribution < -0.4 is 5.32 Å². The molecule has 3 rings (SSSR count). The summed E-state index contributed by atoms with van der Waals surface area (Å²) in [5.74, 6) is 3.53. The van der Waals surface area contributed by atoms with Crippen molar-refractivity contribution >= 4 is 41.7 Å². The van der Waals surface area contributed by atoms with Gasteiger partial charge in [0.25, 0.3) is 0 Å². The Morgan fingerprint density at radius 2 is 2.07 bits per heavy atom. The van der Waals surface area contributed by atoms with Gasteiger partial charge in [0.15, 0.2) is 5.96 Å². The fraction of sp³-hybridized carbons (Fsp3) is 0.800. The van der Waals surface area contributed by atoms with Gasteiger partial charge in [0, 0.05) is 48.2 Å². The molecule has 2 heterocycles. The molecule has 1 atom stereocenters. The Bertz CT molecular complexity index is 602. The van der Waals surface area contributed by atoms with Gasteiger partial charge >= 0.3 is 0 Å². The second kappa shape index (κ2) is 10.4. The average molecular weight is 506 g/mol. The summed E-state index contributed by atoms with van der Waals surface area (Å²) in [5.41, 5.74) is 2.20. The summed E-state index contributed by atoms with van der Waals surface area (Å²) in [6.45, 7) is 12.3. The Hall–Kier alpha value is -0.440. The molecule has 1 spiro atoms. The van der Waals surface area contributed by atoms with E-state index in [1.807, 2.05) is 13.8 Å². The number of nitrogens with zero attached hydrogens (tertiary/aromatic N) is 3. The van der Waals surface area contributed by atoms with E-state index in [1.54, 1.807) is 0 Å². The van der Waals surface area contributed by atoms with Gasteiger partial charge in [0.1, 0.15) is 5.76 Å². The van der Waals surface area contributed by atoms with Gasteiger partial charge in [-0.1, -0.05) is 31.3 Å². The summed E-state index contributed by atoms with van der Waals surface area (Å²) >= 11 is 2.21. The highest BCUT2D eigenvalue weighted by Gasteiger charge is 2.38. The average Bonchev–Trinajstić information content (AvgIpc) is 2.97. The number of aliphatic imine (C=N–C) groups is 1. The van der Waals surface area contributed by atoms with Gasteiger partial charge in [-0.25, -0.2) is 0 Å². The van der Waals surface area contributed by atoms with Gasteiger partial charge in [-0.2, -0.15) is 11.8 Å². The molecule has 0 aromatic carbocycles. The molecule has 1 aromatic heterocycles. The third-order valence-corrected chi connectivity index (χ3v) is 7.28. The highest BCUT2D eigenvalue weighted by Crippen LogP contribution is 2.42. The molecule has 1 unspecified atom stereocenters. The highest BCUT2D eigenvalue weighted by molar-refractivity contribution is 14.0. The SMILES string of the molecule is CCNC(=NCC(C)c1c(C)noc1C)N1CCSC2(CCCCC2)C1.I. The predicted octanol–water partition coefficient (Wildman–Crippen LogP) is 4.73. The van der Waals surface area contributed by atoms with Gasteiger partial charge in [-0.15, -0.1) is 24.0 Å². The number of rotatable bonds is 4. The molecule has 5 nitrogen and oxygen atoms in total. The lowest BCUT2D eigenvalue weighted by molar-refractivity contribution is 0.293. The minimum Gasteiger partial charge on any atom is -0.361 e. The molecule has 27 heavy (non-hydrogen) atoms. The normalized spacial score (nSPS) is 21.0. The first-order valence-corrected chi connectivity index (χ1v) is 11.1. The second-order valence-electron chi connectivity index (χ2n) is 7.85. The molecule has 7 heteroatoms. The molecule has 154 valence electrons. The molecule has 1 saturated heterocycles. The molecule has 0 radical (unpaired) electrons. The number of thioether (sulfide) groups is 1. The summed E-state index contributed by atoms with van der Waals surface area (Å²) in [5, 5.41) is 7.63. The number of hydrogen-bond donors (Lipinski definition) is 1. The van der Waals surface area contributed by atoms with Crippen molar-refractivity contribution in [2.45, 2.75) is 70.5 Å². The van der Waals surface area contributed by atoms with Crippen molar-refractivity contribution in [3.63, 3.8) is 0 Å². The van der Waals surface area contributed by atoms with Gasteiger partial charge < -0.3 is 14.7 Å². The summed E-state index contributed by atoms with van der Waals surface area (Å²) in [4.78, 5) is 7.51. The zero-order valence-corrected chi connectivity index (χ0v) is 20.4. The fourth-order valence-electron chi connectivity index (χ4n) is 4.46. The Balaban J connectivity index is 0.00000261. The van der Waals surface area contributed by atoms with E-state index in [2.05, 4.69) is 41.0 Å². The van der Waals surface area contributed by atoms with E-state index in [-0.39, 0.29) is 24.0 Å². The van der Waals surface area contributed by atoms with Crippen LogP contribution in [0, 0.1) is 13.8 Å². The maximum Gasteiger partial charge on any atom is 0.194 e. The summed E-state index contributed by atoms with van der Waals surface area (Å²) in [7, 11) is 0. The van der Waals surface area contributed by atoms with Crippen LogP contribution in [0.5, 0.6) is 0 Å². The van der Waals surface area contributed by atoms with Gasteiger partial charge in [-0.05, 0) is 33.6 Å². The Labute approximate surface area is 185 Å². The van der Waals surface area contributed by atoms with Crippen molar-refractivity contribution < 1.29 is 4.52 Å². The van der Waals surface area contributed by atoms with Crippen LogP contribution in [0.15, 0.2) is 9.52 Å². The standard InChI is InChI=1S/C20H34N4OS.HI/c1-5-21-19(22-13-15(2)18-16(3)23-25-17(18)4)24-11-12-26-20(14-24)9-7-6-8-10-20;/h15H,5-14H2,1-4H3,(H,21,22);1H. The third kappa shape index (κ3) is 5.55. The Morgan fingerprint density at radius 3 is 2.70 bits per heavy atom. The molecule has 0 amide bonds. The van der Waals surface area contributed by atoms with E-state index in [9.17, 15) is 0 Å². The van der Waals surface area contributed by atoms with Crippen LogP contribution >= 0.6 is 35.7 Å². The van der Waals surface area contributed by atoms with Crippen LogP contribution in [0.3, 0.4) is 0 Å². The van der Waals surface area contributed by atoms with Gasteiger partial charge in [0.2, 0.25) is 0 Å². The van der Waals surface area contributed by atoms with Crippen molar-refractivity contribution in [3.05, 3.63) is 17.0 Å². The maximum atomic E-state index is 5.33. The smallest absolute Gasteiger partial charge is 0.194 e. The van der Waals surface area contributed by atoms with Crippen LogP contribution in [-0.4, -0.2) is 52.7 Å². The van der Waals surface area contributed by atoms with Crippen molar-refractivity contribution in [2.24, 2.45) is 4.99 Å². The van der Waals surface area contributed by atoms with Crippen LogP contribution in [0.4, 0.5) is 0 Å². The molecule has 1 saturated carbocycles. The molecule has 1 aromatic rings. The first-order chi connectivity index (χ1) is 12.5. The molecule has 1 aliphatic heterocycles. The fourth-order valence-corrected chi connectivity index (χ4v) is 6.03. The number of aromatic nitrogens is 1. The third-order valence-electron chi connectivity index (χ3n) is 5.74. The Kier molecular flexibility index (Phi) is 8.77. The van der Waals surface area contributed by atoms with Crippen molar-refractivity contribution in [1.29, 1.82) is 0 Å². The summed E-state index contributed by atoms with van der Waals surface area (Å²) in [6, 6.07) is 0. The highest BCUT2D eigenvalue weighted by atomic mass is 127. The van der Waals surface area contributed by atoms with E-state index in [0.29, 0.717) is 10.7 Å². The quantitative estimate of drug-likeness (QED) is 0.364. The number of halogens is 1. The number of aryl methyl sites for hydroxylation is 2. The van der Waals surface area contributed by atoms with Crippen molar-refractivity contribution in [2.75, 3.05) is 31.9 Å². The lowest BCUT2D eigenvalue weighted by atomic mass is 9.87. The lowest BCUT2D eigenvalue weighted by Gasteiger charge is -2.45. The van der Waals surface area contributed by atoms with Crippen LogP contribution in [-0.2, 0) is 0 Å². The van der Waals surface area contributed by atoms with Gasteiger partial charge in [0.05, 0.1) is 5.69 Å². The summed E-state index contributed by atoms with van der Waals surface area (Å²) < 4.78 is 5.79. The molecule has 2 fully saturated rings. The van der Waals surface area contributed by atoms with Crippen molar-refractivity contribution in [3.8, 4) is 0 Å². The predicted molar refractivity (Wildman–Crippen MR) is 126 cm³/mol. The van der Waals surface area contributed by atoms with E-state index in [4.69, 9.17) is 9.52 Å². The molecule has 1 aliphatic carbocycles. The van der Waals surface area contributed by atoms with Gasteiger partial charge in [-0.3, -0.25) is 4.99 Å². The minimum absolute atomic E-state index is 0. The zero-order valence-electron chi connectivity index (χ0n) is 17.2. The molecule has 1 N–H and O–H groups in total. The van der Waals surface area contributed by atoms with Crippen LogP contribution in [0.25, 0.3) is 0 Å². The monoisotopic (exact) mass is 506 g/mol. The largest absolute Gasteiger partial charge is 0.361 e. The topological polar surface area (TPSA) is 53.7 Å². The maximum absolute atomic E-state index is 5.33. The minimum atomic E-state index is 0. The van der Waals surface area contributed by atoms with Crippen LogP contribution in [0.2, 0.25) is 0 Å². The van der Waals surface area contributed by atoms with E-state index < -0.39 is 0 Å². The summed E-state index contributed by atoms with van der Waals surface area (Å²) in [6.07, 6.45) is 6.91. The van der Waals surface area contributed by atoms with E-state index in [1.165, 1.54) is 43.4 Å². The van der Waals surface area contributed by atoms with Crippen LogP contribution in [0.1, 0.15) is 68.9 Å². The first-order valence-electron chi connectivity index (χ1n) is 10.1.